The minimum absolute atomic E-state index is 0.866. The summed E-state index contributed by atoms with van der Waals surface area (Å²) in [4.78, 5) is 5.80. The van der Waals surface area contributed by atoms with E-state index in [-0.39, 0.29) is 0 Å². The van der Waals surface area contributed by atoms with Crippen LogP contribution in [0.3, 0.4) is 0 Å². The monoisotopic (exact) mass is 350 g/mol. The van der Waals surface area contributed by atoms with Gasteiger partial charge in [0, 0.05) is 16.9 Å². The maximum atomic E-state index is 4.51. The van der Waals surface area contributed by atoms with Gasteiger partial charge in [-0.15, -0.1) is 10.2 Å². The maximum Gasteiger partial charge on any atom is 0.114 e. The number of nitrogens with zero attached hydrogens (tertiary/aromatic N) is 4. The lowest BCUT2D eigenvalue weighted by atomic mass is 10.1. The molecule has 2 aromatic carbocycles. The highest BCUT2D eigenvalue weighted by atomic mass is 79.9. The minimum atomic E-state index is 0.866. The van der Waals surface area contributed by atoms with Gasteiger partial charge in [0.05, 0.1) is 5.69 Å². The molecule has 0 amide bonds. The average Bonchev–Trinajstić information content (AvgIpc) is 2.99. The summed E-state index contributed by atoms with van der Waals surface area (Å²) in [6, 6.07) is 18.0. The zero-order valence-electron chi connectivity index (χ0n) is 11.5. The van der Waals surface area contributed by atoms with E-state index < -0.39 is 0 Å². The topological polar surface area (TPSA) is 43.6 Å². The largest absolute Gasteiger partial charge is 0.264 e. The van der Waals surface area contributed by atoms with Gasteiger partial charge in [-0.05, 0) is 47.5 Å². The fraction of sp³-hybridized carbons (Fsp3) is 0. The molecule has 5 heteroatoms. The molecule has 0 N–H and O–H groups in total. The minimum Gasteiger partial charge on any atom is -0.264 e. The van der Waals surface area contributed by atoms with Gasteiger partial charge in [0.15, 0.2) is 0 Å². The van der Waals surface area contributed by atoms with Gasteiger partial charge in [0.1, 0.15) is 11.0 Å². The van der Waals surface area contributed by atoms with Crippen molar-refractivity contribution in [2.75, 3.05) is 0 Å². The van der Waals surface area contributed by atoms with E-state index in [4.69, 9.17) is 0 Å². The van der Waals surface area contributed by atoms with Crippen LogP contribution in [0.25, 0.3) is 27.8 Å². The molecule has 0 aliphatic carbocycles. The van der Waals surface area contributed by atoms with Gasteiger partial charge in [-0.1, -0.05) is 34.1 Å². The van der Waals surface area contributed by atoms with Crippen molar-refractivity contribution >= 4 is 27.0 Å². The third kappa shape index (κ3) is 2.40. The Hall–Kier alpha value is -2.53. The van der Waals surface area contributed by atoms with Crippen molar-refractivity contribution in [2.24, 2.45) is 0 Å². The molecule has 0 atom stereocenters. The predicted molar refractivity (Wildman–Crippen MR) is 89.8 cm³/mol. The number of pyridine rings is 1. The lowest BCUT2D eigenvalue weighted by Crippen LogP contribution is -1.97. The smallest absolute Gasteiger partial charge is 0.114 e. The molecule has 0 unspecified atom stereocenters. The molecule has 106 valence electrons. The molecule has 4 aromatic rings. The van der Waals surface area contributed by atoms with Gasteiger partial charge >= 0.3 is 0 Å². The number of fused-ring (bicyclic) bond motifs is 1. The first-order valence-corrected chi connectivity index (χ1v) is 7.62. The molecule has 4 rings (SSSR count). The highest BCUT2D eigenvalue weighted by Gasteiger charge is 2.05. The Balaban J connectivity index is 1.73. The van der Waals surface area contributed by atoms with Crippen LogP contribution in [0.4, 0.5) is 0 Å². The summed E-state index contributed by atoms with van der Waals surface area (Å²) in [6.07, 6.45) is 3.63. The molecule has 0 aliphatic rings. The standard InChI is InChI=1S/C17H11BrN4/c18-14-5-8-16-17(10-14)21-22(20-16)15-6-3-12(4-7-15)13-2-1-9-19-11-13/h1-11H. The van der Waals surface area contributed by atoms with Crippen molar-refractivity contribution in [3.8, 4) is 16.8 Å². The van der Waals surface area contributed by atoms with Crippen LogP contribution in [0.15, 0.2) is 71.5 Å². The Morgan fingerprint density at radius 2 is 1.64 bits per heavy atom. The number of hydrogen-bond donors (Lipinski definition) is 0. The van der Waals surface area contributed by atoms with E-state index in [9.17, 15) is 0 Å². The first-order chi connectivity index (χ1) is 10.8. The summed E-state index contributed by atoms with van der Waals surface area (Å²) in [7, 11) is 0. The fourth-order valence-corrected chi connectivity index (χ4v) is 2.67. The summed E-state index contributed by atoms with van der Waals surface area (Å²) >= 11 is 3.45. The number of benzene rings is 2. The van der Waals surface area contributed by atoms with Crippen molar-refractivity contribution in [3.05, 3.63) is 71.5 Å². The summed E-state index contributed by atoms with van der Waals surface area (Å²) in [5.41, 5.74) is 4.89. The van der Waals surface area contributed by atoms with Gasteiger partial charge in [0.25, 0.3) is 0 Å². The van der Waals surface area contributed by atoms with Crippen LogP contribution in [0, 0.1) is 0 Å². The van der Waals surface area contributed by atoms with Crippen molar-refractivity contribution in [1.82, 2.24) is 20.0 Å². The summed E-state index contributed by atoms with van der Waals surface area (Å²) in [6.45, 7) is 0. The van der Waals surface area contributed by atoms with E-state index in [0.717, 1.165) is 32.3 Å². The third-order valence-corrected chi connectivity index (χ3v) is 3.93. The number of aromatic nitrogens is 4. The second-order valence-corrected chi connectivity index (χ2v) is 5.83. The molecular weight excluding hydrogens is 340 g/mol. The Kier molecular flexibility index (Phi) is 3.20. The van der Waals surface area contributed by atoms with Gasteiger partial charge < -0.3 is 0 Å². The van der Waals surface area contributed by atoms with Crippen LogP contribution < -0.4 is 0 Å². The molecule has 0 radical (unpaired) electrons. The molecule has 22 heavy (non-hydrogen) atoms. The molecule has 0 bridgehead atoms. The molecule has 0 spiro atoms. The van der Waals surface area contributed by atoms with E-state index in [0.29, 0.717) is 0 Å². The SMILES string of the molecule is Brc1ccc2nn(-c3ccc(-c4cccnc4)cc3)nc2c1. The molecular formula is C17H11BrN4. The number of halogens is 1. The Labute approximate surface area is 135 Å². The summed E-state index contributed by atoms with van der Waals surface area (Å²) in [5, 5.41) is 9.01. The van der Waals surface area contributed by atoms with Crippen LogP contribution in [-0.2, 0) is 0 Å². The maximum absolute atomic E-state index is 4.51. The van der Waals surface area contributed by atoms with E-state index in [1.54, 1.807) is 11.0 Å². The van der Waals surface area contributed by atoms with Gasteiger partial charge in [0.2, 0.25) is 0 Å². The third-order valence-electron chi connectivity index (χ3n) is 3.44. The van der Waals surface area contributed by atoms with Crippen LogP contribution >= 0.6 is 15.9 Å². The molecule has 2 aromatic heterocycles. The van der Waals surface area contributed by atoms with E-state index in [1.165, 1.54) is 0 Å². The molecule has 2 heterocycles. The average molecular weight is 351 g/mol. The zero-order chi connectivity index (χ0) is 14.9. The van der Waals surface area contributed by atoms with Gasteiger partial charge in [-0.3, -0.25) is 4.98 Å². The second kappa shape index (κ2) is 5.35. The number of rotatable bonds is 2. The molecule has 0 fully saturated rings. The lowest BCUT2D eigenvalue weighted by molar-refractivity contribution is 0.766. The van der Waals surface area contributed by atoms with Crippen LogP contribution in [0.1, 0.15) is 0 Å². The van der Waals surface area contributed by atoms with Crippen LogP contribution in [0.5, 0.6) is 0 Å². The van der Waals surface area contributed by atoms with Gasteiger partial charge in [-0.25, -0.2) is 0 Å². The van der Waals surface area contributed by atoms with Gasteiger partial charge in [-0.2, -0.15) is 4.80 Å². The first kappa shape index (κ1) is 13.2. The van der Waals surface area contributed by atoms with Crippen molar-refractivity contribution < 1.29 is 0 Å². The normalized spacial score (nSPS) is 11.0. The van der Waals surface area contributed by atoms with E-state index >= 15 is 0 Å². The van der Waals surface area contributed by atoms with Crippen LogP contribution in [-0.4, -0.2) is 20.0 Å². The summed E-state index contributed by atoms with van der Waals surface area (Å²) < 4.78 is 0.999. The number of hydrogen-bond acceptors (Lipinski definition) is 3. The van der Waals surface area contributed by atoms with Crippen molar-refractivity contribution in [2.45, 2.75) is 0 Å². The Bertz CT molecular complexity index is 930. The molecule has 0 saturated heterocycles. The fourth-order valence-electron chi connectivity index (χ4n) is 2.32. The highest BCUT2D eigenvalue weighted by molar-refractivity contribution is 9.10. The molecule has 0 saturated carbocycles. The van der Waals surface area contributed by atoms with Crippen molar-refractivity contribution in [1.29, 1.82) is 0 Å². The Morgan fingerprint density at radius 3 is 2.41 bits per heavy atom. The summed E-state index contributed by atoms with van der Waals surface area (Å²) in [5.74, 6) is 0. The second-order valence-electron chi connectivity index (χ2n) is 4.91. The van der Waals surface area contributed by atoms with Crippen LogP contribution in [0.2, 0.25) is 0 Å². The zero-order valence-corrected chi connectivity index (χ0v) is 13.1. The quantitative estimate of drug-likeness (QED) is 0.542. The van der Waals surface area contributed by atoms with E-state index in [2.05, 4.69) is 43.2 Å². The highest BCUT2D eigenvalue weighted by Crippen LogP contribution is 2.21. The molecule has 4 nitrogen and oxygen atoms in total. The molecule has 0 aliphatic heterocycles. The predicted octanol–water partition coefficient (Wildman–Crippen LogP) is 4.25. The van der Waals surface area contributed by atoms with Crippen molar-refractivity contribution in [3.63, 3.8) is 0 Å². The van der Waals surface area contributed by atoms with E-state index in [1.807, 2.05) is 48.7 Å². The Morgan fingerprint density at radius 1 is 0.818 bits per heavy atom. The first-order valence-electron chi connectivity index (χ1n) is 6.83. The lowest BCUT2D eigenvalue weighted by Gasteiger charge is -2.03.